The summed E-state index contributed by atoms with van der Waals surface area (Å²) in [5, 5.41) is 26.7. The van der Waals surface area contributed by atoms with E-state index in [1.807, 2.05) is 33.8 Å². The average molecular weight is 700 g/mol. The van der Waals surface area contributed by atoms with Crippen molar-refractivity contribution in [1.82, 2.24) is 10.2 Å². The molecule has 0 bridgehead atoms. The van der Waals surface area contributed by atoms with Crippen LogP contribution in [0.25, 0.3) is 0 Å². The molecule has 50 heavy (non-hydrogen) atoms. The number of hydrogen-bond donors (Lipinski definition) is 3. The van der Waals surface area contributed by atoms with Gasteiger partial charge in [-0.2, -0.15) is 0 Å². The monoisotopic (exact) mass is 699 g/mol. The van der Waals surface area contributed by atoms with Crippen LogP contribution in [0, 0.1) is 23.2 Å². The Hall–Kier alpha value is -3.61. The van der Waals surface area contributed by atoms with Crippen molar-refractivity contribution in [2.24, 2.45) is 28.3 Å². The van der Waals surface area contributed by atoms with Gasteiger partial charge in [0.25, 0.3) is 0 Å². The number of aliphatic hydroxyl groups excluding tert-OH is 2. The molecule has 0 unspecified atom stereocenters. The van der Waals surface area contributed by atoms with E-state index in [-0.39, 0.29) is 56.0 Å². The lowest BCUT2D eigenvalue weighted by molar-refractivity contribution is -0.253. The first-order valence-electron chi connectivity index (χ1n) is 17.9. The molecule has 1 saturated carbocycles. The highest BCUT2D eigenvalue weighted by Gasteiger charge is 2.65. The Kier molecular flexibility index (Phi) is 13.8. The Labute approximate surface area is 296 Å². The van der Waals surface area contributed by atoms with E-state index in [2.05, 4.69) is 23.1 Å². The van der Waals surface area contributed by atoms with Crippen LogP contribution in [0.4, 0.5) is 9.59 Å². The third-order valence-corrected chi connectivity index (χ3v) is 9.76. The SMILES string of the molecule is C=CCO[C@@]12Oc3ccc(OC(=O)NCC)cc3[C@H]3[C@H](CCCCO)[C@@H](CCCCO)C=C(C(=NOC)C[C@@H]1N(C)C(=O)OCC(C)(C)C)[C@H]32. The molecule has 4 rings (SSSR count). The highest BCUT2D eigenvalue weighted by molar-refractivity contribution is 6.02. The minimum atomic E-state index is -1.38. The number of amides is 2. The maximum atomic E-state index is 13.8. The van der Waals surface area contributed by atoms with Gasteiger partial charge in [0.05, 0.1) is 24.8 Å². The molecule has 3 aliphatic rings. The smallest absolute Gasteiger partial charge is 0.412 e. The average Bonchev–Trinajstić information content (AvgIpc) is 3.08. The van der Waals surface area contributed by atoms with E-state index in [0.717, 1.165) is 36.8 Å². The summed E-state index contributed by atoms with van der Waals surface area (Å²) in [6.45, 7) is 12.7. The zero-order chi connectivity index (χ0) is 36.5. The lowest BCUT2D eigenvalue weighted by Crippen LogP contribution is -2.69. The zero-order valence-electron chi connectivity index (χ0n) is 30.6. The van der Waals surface area contributed by atoms with E-state index in [1.165, 1.54) is 7.11 Å². The Bertz CT molecular complexity index is 1390. The number of hydrogen-bond acceptors (Lipinski definition) is 10. The van der Waals surface area contributed by atoms with Gasteiger partial charge in [-0.15, -0.1) is 6.58 Å². The highest BCUT2D eigenvalue weighted by atomic mass is 16.7. The zero-order valence-corrected chi connectivity index (χ0v) is 30.6. The number of aliphatic hydroxyl groups is 2. The number of rotatable bonds is 16. The van der Waals surface area contributed by atoms with Crippen molar-refractivity contribution >= 4 is 17.9 Å². The second-order valence-corrected chi connectivity index (χ2v) is 14.6. The predicted molar refractivity (Wildman–Crippen MR) is 190 cm³/mol. The Morgan fingerprint density at radius 1 is 1.16 bits per heavy atom. The second-order valence-electron chi connectivity index (χ2n) is 14.6. The molecule has 12 nitrogen and oxygen atoms in total. The molecule has 0 radical (unpaired) electrons. The van der Waals surface area contributed by atoms with E-state index >= 15 is 0 Å². The number of unbranched alkanes of at least 4 members (excludes halogenated alkanes) is 2. The number of carbonyl (C=O) groups excluding carboxylic acids is 2. The molecule has 0 aromatic heterocycles. The van der Waals surface area contributed by atoms with E-state index in [9.17, 15) is 19.8 Å². The van der Waals surface area contributed by atoms with E-state index in [1.54, 1.807) is 30.2 Å². The molecule has 2 amide bonds. The van der Waals surface area contributed by atoms with Gasteiger partial charge in [0, 0.05) is 44.7 Å². The number of nitrogens with zero attached hydrogens (tertiary/aromatic N) is 2. The molecular weight excluding hydrogens is 642 g/mol. The van der Waals surface area contributed by atoms with Crippen LogP contribution < -0.4 is 14.8 Å². The molecule has 3 N–H and O–H groups in total. The van der Waals surface area contributed by atoms with Crippen molar-refractivity contribution in [2.45, 2.75) is 90.4 Å². The van der Waals surface area contributed by atoms with Crippen molar-refractivity contribution in [3.63, 3.8) is 0 Å². The summed E-state index contributed by atoms with van der Waals surface area (Å²) in [6, 6.07) is 4.69. The van der Waals surface area contributed by atoms with Crippen LogP contribution in [-0.2, 0) is 14.3 Å². The molecule has 0 saturated heterocycles. The van der Waals surface area contributed by atoms with Crippen molar-refractivity contribution in [3.8, 4) is 11.5 Å². The maximum Gasteiger partial charge on any atom is 0.412 e. The molecule has 6 atom stereocenters. The third-order valence-electron chi connectivity index (χ3n) is 9.76. The van der Waals surface area contributed by atoms with Crippen molar-refractivity contribution < 1.29 is 43.6 Å². The van der Waals surface area contributed by atoms with Gasteiger partial charge in [0.2, 0.25) is 5.79 Å². The summed E-state index contributed by atoms with van der Waals surface area (Å²) >= 11 is 0. The minimum Gasteiger partial charge on any atom is -0.459 e. The molecule has 278 valence electrons. The molecule has 1 heterocycles. The van der Waals surface area contributed by atoms with Gasteiger partial charge >= 0.3 is 12.2 Å². The van der Waals surface area contributed by atoms with Gasteiger partial charge in [-0.25, -0.2) is 9.59 Å². The van der Waals surface area contributed by atoms with Crippen LogP contribution in [0.2, 0.25) is 0 Å². The lowest BCUT2D eigenvalue weighted by Gasteiger charge is -2.59. The number of benzene rings is 1. The van der Waals surface area contributed by atoms with Crippen LogP contribution in [0.1, 0.15) is 84.1 Å². The molecule has 1 fully saturated rings. The van der Waals surface area contributed by atoms with E-state index < -0.39 is 29.9 Å². The van der Waals surface area contributed by atoms with E-state index in [4.69, 9.17) is 23.8 Å². The molecule has 1 aliphatic heterocycles. The summed E-state index contributed by atoms with van der Waals surface area (Å²) in [5.41, 5.74) is 2.22. The number of likely N-dealkylation sites (N-methyl/N-ethyl adjacent to an activating group) is 1. The number of allylic oxidation sites excluding steroid dienone is 1. The largest absolute Gasteiger partial charge is 0.459 e. The number of carbonyl (C=O) groups is 2. The minimum absolute atomic E-state index is 0.0451. The molecule has 1 aromatic rings. The van der Waals surface area contributed by atoms with Crippen LogP contribution in [0.15, 0.2) is 47.7 Å². The number of fused-ring (bicyclic) bond motifs is 2. The molecule has 12 heteroatoms. The van der Waals surface area contributed by atoms with E-state index in [0.29, 0.717) is 36.6 Å². The van der Waals surface area contributed by atoms with Crippen LogP contribution in [0.3, 0.4) is 0 Å². The maximum absolute atomic E-state index is 13.8. The fraction of sp³-hybridized carbons (Fsp3) is 0.658. The fourth-order valence-corrected chi connectivity index (χ4v) is 7.70. The Balaban J connectivity index is 1.97. The van der Waals surface area contributed by atoms with Crippen molar-refractivity contribution in [1.29, 1.82) is 0 Å². The summed E-state index contributed by atoms with van der Waals surface area (Å²) in [6.07, 6.45) is 7.70. The van der Waals surface area contributed by atoms with Crippen LogP contribution in [-0.4, -0.2) is 92.0 Å². The summed E-state index contributed by atoms with van der Waals surface area (Å²) < 4.78 is 25.4. The van der Waals surface area contributed by atoms with Crippen molar-refractivity contribution in [3.05, 3.63) is 48.1 Å². The fourth-order valence-electron chi connectivity index (χ4n) is 7.70. The molecule has 2 aliphatic carbocycles. The Morgan fingerprint density at radius 3 is 2.52 bits per heavy atom. The predicted octanol–water partition coefficient (Wildman–Crippen LogP) is 6.17. The lowest BCUT2D eigenvalue weighted by atomic mass is 9.55. The first kappa shape index (κ1) is 39.2. The third kappa shape index (κ3) is 8.81. The summed E-state index contributed by atoms with van der Waals surface area (Å²) in [5.74, 6) is -1.01. The number of oxime groups is 1. The van der Waals surface area contributed by atoms with Crippen molar-refractivity contribution in [2.75, 3.05) is 47.1 Å². The van der Waals surface area contributed by atoms with Gasteiger partial charge in [0.1, 0.15) is 24.7 Å². The number of ether oxygens (including phenoxy) is 4. The standard InChI is InChI=1S/C38H57N3O9/c1-8-20-48-38-32(41(6)36(45)47-24-37(3,4)5)23-30(40-46-7)28-21-25(14-10-12-18-42)27(15-11-13-19-43)33(34(28)38)29-22-26(16-17-31(29)50-38)49-35(44)39-9-2/h8,16-17,21-22,25,27,32-34,42-43H,1,9-15,18-20,23-24H2,2-7H3,(H,39,44)/t25-,27+,32-,33+,34+,38+/m0/s1. The summed E-state index contributed by atoms with van der Waals surface area (Å²) in [7, 11) is 3.21. The van der Waals surface area contributed by atoms with Gasteiger partial charge in [0.15, 0.2) is 0 Å². The first-order valence-corrected chi connectivity index (χ1v) is 17.9. The first-order chi connectivity index (χ1) is 23.9. The topological polar surface area (TPSA) is 148 Å². The quantitative estimate of drug-likeness (QED) is 0.105. The van der Waals surface area contributed by atoms with Gasteiger partial charge in [-0.1, -0.05) is 50.9 Å². The van der Waals surface area contributed by atoms with Gasteiger partial charge < -0.3 is 44.2 Å². The second kappa shape index (κ2) is 17.5. The van der Waals surface area contributed by atoms with Gasteiger partial charge in [-0.05, 0) is 73.6 Å². The molecular formula is C38H57N3O9. The Morgan fingerprint density at radius 2 is 1.88 bits per heavy atom. The normalized spacial score (nSPS) is 26.1. The highest BCUT2D eigenvalue weighted by Crippen LogP contribution is 2.61. The molecule has 1 aromatic carbocycles. The van der Waals surface area contributed by atoms with Gasteiger partial charge in [-0.3, -0.25) is 0 Å². The van der Waals surface area contributed by atoms with Crippen LogP contribution >= 0.6 is 0 Å². The van der Waals surface area contributed by atoms with Crippen LogP contribution in [0.5, 0.6) is 11.5 Å². The molecule has 0 spiro atoms. The number of nitrogens with one attached hydrogen (secondary N) is 1. The summed E-state index contributed by atoms with van der Waals surface area (Å²) in [4.78, 5) is 33.3.